The van der Waals surface area contributed by atoms with Crippen LogP contribution >= 0.6 is 0 Å². The van der Waals surface area contributed by atoms with E-state index in [9.17, 15) is 4.79 Å². The number of rotatable bonds is 5. The van der Waals surface area contributed by atoms with Crippen molar-refractivity contribution in [3.8, 4) is 17.4 Å². The zero-order valence-corrected chi connectivity index (χ0v) is 19.1. The second-order valence-electron chi connectivity index (χ2n) is 8.57. The molecule has 0 atom stereocenters. The molecule has 1 amide bonds. The highest BCUT2D eigenvalue weighted by Crippen LogP contribution is 2.33. The van der Waals surface area contributed by atoms with Gasteiger partial charge < -0.3 is 19.3 Å². The number of ether oxygens (including phenoxy) is 2. The van der Waals surface area contributed by atoms with E-state index < -0.39 is 0 Å². The first-order valence-electron chi connectivity index (χ1n) is 11.4. The molecule has 1 saturated heterocycles. The molecule has 0 aliphatic carbocycles. The molecule has 0 spiro atoms. The highest BCUT2D eigenvalue weighted by molar-refractivity contribution is 5.94. The molecule has 170 valence electrons. The molecule has 2 aliphatic rings. The Morgan fingerprint density at radius 2 is 1.73 bits per heavy atom. The van der Waals surface area contributed by atoms with Crippen molar-refractivity contribution in [3.05, 3.63) is 70.9 Å². The monoisotopic (exact) mass is 444 g/mol. The molecule has 33 heavy (non-hydrogen) atoms. The molecular formula is C26H28N4O3. The number of nitrogens with zero attached hydrogens (tertiary/aromatic N) is 4. The van der Waals surface area contributed by atoms with E-state index in [0.29, 0.717) is 42.7 Å². The summed E-state index contributed by atoms with van der Waals surface area (Å²) in [6.07, 6.45) is 2.97. The predicted molar refractivity (Wildman–Crippen MR) is 126 cm³/mol. The zero-order valence-electron chi connectivity index (χ0n) is 19.1. The number of anilines is 1. The van der Waals surface area contributed by atoms with Crippen molar-refractivity contribution in [2.24, 2.45) is 0 Å². The first-order chi connectivity index (χ1) is 16.1. The number of methoxy groups -OCH3 is 1. The van der Waals surface area contributed by atoms with E-state index in [1.165, 1.54) is 0 Å². The number of amides is 1. The fraction of sp³-hybridized carbons (Fsp3) is 0.346. The number of fused-ring (bicyclic) bond motifs is 1. The van der Waals surface area contributed by atoms with Crippen LogP contribution in [0.3, 0.4) is 0 Å². The summed E-state index contributed by atoms with van der Waals surface area (Å²) >= 11 is 0. The van der Waals surface area contributed by atoms with Gasteiger partial charge in [-0.15, -0.1) is 0 Å². The molecule has 3 heterocycles. The number of hydrogen-bond acceptors (Lipinski definition) is 6. The third-order valence-corrected chi connectivity index (χ3v) is 6.23. The summed E-state index contributed by atoms with van der Waals surface area (Å²) in [5, 5.41) is 0. The molecule has 3 aromatic rings. The molecule has 0 N–H and O–H groups in total. The van der Waals surface area contributed by atoms with Crippen LogP contribution in [-0.2, 0) is 13.0 Å². The van der Waals surface area contributed by atoms with Crippen LogP contribution in [0.5, 0.6) is 17.4 Å². The van der Waals surface area contributed by atoms with Gasteiger partial charge in [-0.05, 0) is 56.2 Å². The van der Waals surface area contributed by atoms with Gasteiger partial charge in [0.05, 0.1) is 24.9 Å². The Hall–Kier alpha value is -3.61. The lowest BCUT2D eigenvalue weighted by atomic mass is 10.0. The summed E-state index contributed by atoms with van der Waals surface area (Å²) in [6.45, 7) is 4.96. The van der Waals surface area contributed by atoms with E-state index in [0.717, 1.165) is 48.5 Å². The summed E-state index contributed by atoms with van der Waals surface area (Å²) in [7, 11) is 1.64. The first kappa shape index (κ1) is 21.2. The summed E-state index contributed by atoms with van der Waals surface area (Å²) in [4.78, 5) is 27.0. The SMILES string of the molecule is COc1ccc(Oc2nc(N3CCCC3)nc3c2CN(C(=O)c2cccc(C)c2)CC3)cc1. The lowest BCUT2D eigenvalue weighted by molar-refractivity contribution is 0.0732. The van der Waals surface area contributed by atoms with Crippen LogP contribution in [0.2, 0.25) is 0 Å². The number of aryl methyl sites for hydroxylation is 1. The van der Waals surface area contributed by atoms with Crippen molar-refractivity contribution in [1.82, 2.24) is 14.9 Å². The van der Waals surface area contributed by atoms with Crippen molar-refractivity contribution < 1.29 is 14.3 Å². The summed E-state index contributed by atoms with van der Waals surface area (Å²) in [5.74, 6) is 2.69. The second kappa shape index (κ2) is 9.10. The van der Waals surface area contributed by atoms with E-state index in [4.69, 9.17) is 19.4 Å². The van der Waals surface area contributed by atoms with Crippen LogP contribution in [0.1, 0.15) is 40.0 Å². The molecule has 7 heteroatoms. The Bertz CT molecular complexity index is 1160. The summed E-state index contributed by atoms with van der Waals surface area (Å²) in [6, 6.07) is 15.2. The molecule has 0 bridgehead atoms. The smallest absolute Gasteiger partial charge is 0.254 e. The number of carbonyl (C=O) groups excluding carboxylic acids is 1. The van der Waals surface area contributed by atoms with Gasteiger partial charge >= 0.3 is 0 Å². The minimum Gasteiger partial charge on any atom is -0.497 e. The van der Waals surface area contributed by atoms with Gasteiger partial charge in [0, 0.05) is 31.6 Å². The molecule has 1 aromatic heterocycles. The third-order valence-electron chi connectivity index (χ3n) is 6.23. The highest BCUT2D eigenvalue weighted by Gasteiger charge is 2.29. The molecule has 0 radical (unpaired) electrons. The normalized spacial score (nSPS) is 15.3. The lowest BCUT2D eigenvalue weighted by Crippen LogP contribution is -2.37. The van der Waals surface area contributed by atoms with Gasteiger partial charge in [-0.1, -0.05) is 17.7 Å². The Morgan fingerprint density at radius 3 is 2.45 bits per heavy atom. The van der Waals surface area contributed by atoms with Gasteiger partial charge in [0.1, 0.15) is 11.5 Å². The molecule has 2 aromatic carbocycles. The largest absolute Gasteiger partial charge is 0.497 e. The van der Waals surface area contributed by atoms with Gasteiger partial charge in [-0.3, -0.25) is 4.79 Å². The van der Waals surface area contributed by atoms with Crippen LogP contribution in [0.15, 0.2) is 48.5 Å². The van der Waals surface area contributed by atoms with E-state index in [1.54, 1.807) is 7.11 Å². The third kappa shape index (κ3) is 4.49. The maximum absolute atomic E-state index is 13.2. The van der Waals surface area contributed by atoms with Crippen molar-refractivity contribution in [2.75, 3.05) is 31.6 Å². The minimum absolute atomic E-state index is 0.0170. The predicted octanol–water partition coefficient (Wildman–Crippen LogP) is 4.38. The fourth-order valence-electron chi connectivity index (χ4n) is 4.40. The maximum atomic E-state index is 13.2. The Kier molecular flexibility index (Phi) is 5.86. The first-order valence-corrected chi connectivity index (χ1v) is 11.4. The minimum atomic E-state index is 0.0170. The maximum Gasteiger partial charge on any atom is 0.254 e. The number of hydrogen-bond donors (Lipinski definition) is 0. The van der Waals surface area contributed by atoms with Gasteiger partial charge in [-0.2, -0.15) is 4.98 Å². The second-order valence-corrected chi connectivity index (χ2v) is 8.57. The van der Waals surface area contributed by atoms with Gasteiger partial charge in [0.15, 0.2) is 0 Å². The van der Waals surface area contributed by atoms with Crippen LogP contribution in [-0.4, -0.2) is 47.5 Å². The molecule has 2 aliphatic heterocycles. The Labute approximate surface area is 194 Å². The quantitative estimate of drug-likeness (QED) is 0.582. The molecule has 1 fully saturated rings. The van der Waals surface area contributed by atoms with Crippen LogP contribution in [0.4, 0.5) is 5.95 Å². The molecule has 5 rings (SSSR count). The van der Waals surface area contributed by atoms with Crippen molar-refractivity contribution >= 4 is 11.9 Å². The van der Waals surface area contributed by atoms with E-state index in [1.807, 2.05) is 60.4 Å². The Morgan fingerprint density at radius 1 is 0.970 bits per heavy atom. The summed E-state index contributed by atoms with van der Waals surface area (Å²) < 4.78 is 11.5. The molecule has 0 unspecified atom stereocenters. The van der Waals surface area contributed by atoms with Crippen molar-refractivity contribution in [2.45, 2.75) is 32.7 Å². The van der Waals surface area contributed by atoms with Crippen LogP contribution in [0, 0.1) is 6.92 Å². The van der Waals surface area contributed by atoms with E-state index in [2.05, 4.69) is 4.90 Å². The number of benzene rings is 2. The highest BCUT2D eigenvalue weighted by atomic mass is 16.5. The zero-order chi connectivity index (χ0) is 22.8. The fourth-order valence-corrected chi connectivity index (χ4v) is 4.40. The van der Waals surface area contributed by atoms with E-state index >= 15 is 0 Å². The lowest BCUT2D eigenvalue weighted by Gasteiger charge is -2.30. The number of aromatic nitrogens is 2. The van der Waals surface area contributed by atoms with Crippen molar-refractivity contribution in [1.29, 1.82) is 0 Å². The van der Waals surface area contributed by atoms with Gasteiger partial charge in [-0.25, -0.2) is 4.98 Å². The van der Waals surface area contributed by atoms with E-state index in [-0.39, 0.29) is 5.91 Å². The molecule has 0 saturated carbocycles. The van der Waals surface area contributed by atoms with Crippen LogP contribution < -0.4 is 14.4 Å². The molecule has 7 nitrogen and oxygen atoms in total. The van der Waals surface area contributed by atoms with Gasteiger partial charge in [0.25, 0.3) is 5.91 Å². The van der Waals surface area contributed by atoms with Gasteiger partial charge in [0.2, 0.25) is 11.8 Å². The standard InChI is InChI=1S/C26H28N4O3/c1-18-6-5-7-19(16-18)25(31)30-15-12-23-22(17-30)24(28-26(27-23)29-13-3-4-14-29)33-21-10-8-20(32-2)9-11-21/h5-11,16H,3-4,12-15,17H2,1-2H3. The van der Waals surface area contributed by atoms with Crippen molar-refractivity contribution in [3.63, 3.8) is 0 Å². The average Bonchev–Trinajstić information content (AvgIpc) is 3.39. The Balaban J connectivity index is 1.47. The van der Waals surface area contributed by atoms with Crippen LogP contribution in [0.25, 0.3) is 0 Å². The average molecular weight is 445 g/mol. The topological polar surface area (TPSA) is 67.8 Å². The number of carbonyl (C=O) groups is 1. The summed E-state index contributed by atoms with van der Waals surface area (Å²) in [5.41, 5.74) is 3.61. The molecular weight excluding hydrogens is 416 g/mol.